The highest BCUT2D eigenvalue weighted by Crippen LogP contribution is 2.44. The van der Waals surface area contributed by atoms with Crippen molar-refractivity contribution < 1.29 is 4.42 Å². The number of hydrogen-bond acceptors (Lipinski definition) is 4. The quantitative estimate of drug-likeness (QED) is 0.172. The van der Waals surface area contributed by atoms with Crippen LogP contribution in [0.2, 0.25) is 0 Å². The van der Waals surface area contributed by atoms with E-state index in [1.807, 2.05) is 42.5 Å². The van der Waals surface area contributed by atoms with E-state index in [2.05, 4.69) is 156 Å². The monoisotopic (exact) mass is 716 g/mol. The highest BCUT2D eigenvalue weighted by Gasteiger charge is 2.22. The molecule has 0 aliphatic carbocycles. The number of nitrogens with zero attached hydrogens (tertiary/aromatic N) is 4. The van der Waals surface area contributed by atoms with Gasteiger partial charge in [0, 0.05) is 43.8 Å². The van der Waals surface area contributed by atoms with E-state index in [1.54, 1.807) is 0 Å². The number of rotatable bonds is 6. The lowest BCUT2D eigenvalue weighted by Gasteiger charge is -2.14. The van der Waals surface area contributed by atoms with Gasteiger partial charge in [-0.3, -0.25) is 0 Å². The van der Waals surface area contributed by atoms with Crippen molar-refractivity contribution >= 4 is 43.7 Å². The molecule has 0 fully saturated rings. The van der Waals surface area contributed by atoms with E-state index in [1.165, 1.54) is 0 Å². The molecule has 3 heterocycles. The fourth-order valence-electron chi connectivity index (χ4n) is 8.09. The minimum atomic E-state index is 0.602. The van der Waals surface area contributed by atoms with Crippen LogP contribution in [0.15, 0.2) is 199 Å². The predicted molar refractivity (Wildman–Crippen MR) is 229 cm³/mol. The van der Waals surface area contributed by atoms with Crippen LogP contribution in [-0.2, 0) is 0 Å². The van der Waals surface area contributed by atoms with E-state index in [9.17, 15) is 0 Å². The zero-order chi connectivity index (χ0) is 37.0. The average Bonchev–Trinajstić information content (AvgIpc) is 3.83. The van der Waals surface area contributed by atoms with Crippen molar-refractivity contribution in [2.24, 2.45) is 0 Å². The Morgan fingerprint density at radius 2 is 0.875 bits per heavy atom. The summed E-state index contributed by atoms with van der Waals surface area (Å²) in [5.41, 5.74) is 12.2. The van der Waals surface area contributed by atoms with Crippen molar-refractivity contribution in [1.82, 2.24) is 19.5 Å². The highest BCUT2D eigenvalue weighted by molar-refractivity contribution is 6.28. The Morgan fingerprint density at radius 3 is 1.62 bits per heavy atom. The SMILES string of the molecule is c1ccc(-c2ccc(-c3nc(-c4ccccc4)nc(-c4ccccc4-n4c5ccccc5c5c6c(ccc54)oc4c(-c5ccccc5)cccc46)n3)cc2)cc1. The summed E-state index contributed by atoms with van der Waals surface area (Å²) in [5, 5.41) is 4.50. The first-order chi connectivity index (χ1) is 27.8. The van der Waals surface area contributed by atoms with Gasteiger partial charge in [-0.25, -0.2) is 15.0 Å². The largest absolute Gasteiger partial charge is 0.455 e. The molecular formula is C51H32N4O. The number of hydrogen-bond donors (Lipinski definition) is 0. The number of benzene rings is 8. The molecule has 3 aromatic heterocycles. The molecule has 0 aliphatic rings. The fraction of sp³-hybridized carbons (Fsp3) is 0. The van der Waals surface area contributed by atoms with Crippen LogP contribution in [-0.4, -0.2) is 19.5 Å². The van der Waals surface area contributed by atoms with E-state index in [-0.39, 0.29) is 0 Å². The van der Waals surface area contributed by atoms with Crippen LogP contribution in [0.4, 0.5) is 0 Å². The summed E-state index contributed by atoms with van der Waals surface area (Å²) in [6.07, 6.45) is 0. The second-order valence-corrected chi connectivity index (χ2v) is 14.0. The topological polar surface area (TPSA) is 56.7 Å². The van der Waals surface area contributed by atoms with Gasteiger partial charge >= 0.3 is 0 Å². The van der Waals surface area contributed by atoms with Gasteiger partial charge in [-0.05, 0) is 47.0 Å². The third-order valence-electron chi connectivity index (χ3n) is 10.7. The molecule has 0 aliphatic heterocycles. The second-order valence-electron chi connectivity index (χ2n) is 14.0. The van der Waals surface area contributed by atoms with Gasteiger partial charge in [-0.2, -0.15) is 0 Å². The predicted octanol–water partition coefficient (Wildman–Crippen LogP) is 13.2. The third-order valence-corrected chi connectivity index (χ3v) is 10.7. The lowest BCUT2D eigenvalue weighted by atomic mass is 10.0. The van der Waals surface area contributed by atoms with E-state index in [0.717, 1.165) is 88.4 Å². The molecular weight excluding hydrogens is 685 g/mol. The molecule has 0 unspecified atom stereocenters. The summed E-state index contributed by atoms with van der Waals surface area (Å²) < 4.78 is 9.06. The molecule has 0 bridgehead atoms. The Labute approximate surface area is 322 Å². The lowest BCUT2D eigenvalue weighted by Crippen LogP contribution is -2.03. The lowest BCUT2D eigenvalue weighted by molar-refractivity contribution is 0.670. The fourth-order valence-corrected chi connectivity index (χ4v) is 8.09. The molecule has 0 N–H and O–H groups in total. The van der Waals surface area contributed by atoms with Crippen molar-refractivity contribution in [3.05, 3.63) is 194 Å². The molecule has 0 atom stereocenters. The van der Waals surface area contributed by atoms with Gasteiger partial charge in [0.1, 0.15) is 11.2 Å². The maximum Gasteiger partial charge on any atom is 0.166 e. The third kappa shape index (κ3) is 5.21. The van der Waals surface area contributed by atoms with Crippen molar-refractivity contribution in [2.75, 3.05) is 0 Å². The summed E-state index contributed by atoms with van der Waals surface area (Å²) >= 11 is 0. The molecule has 0 saturated carbocycles. The van der Waals surface area contributed by atoms with Crippen LogP contribution < -0.4 is 0 Å². The Hall–Kier alpha value is -7.63. The summed E-state index contributed by atoms with van der Waals surface area (Å²) in [7, 11) is 0. The zero-order valence-corrected chi connectivity index (χ0v) is 30.2. The maximum atomic E-state index is 6.71. The van der Waals surface area contributed by atoms with E-state index in [4.69, 9.17) is 19.4 Å². The van der Waals surface area contributed by atoms with E-state index >= 15 is 0 Å². The maximum absolute atomic E-state index is 6.71. The second kappa shape index (κ2) is 13.0. The van der Waals surface area contributed by atoms with Crippen LogP contribution in [0.1, 0.15) is 0 Å². The van der Waals surface area contributed by atoms with Gasteiger partial charge in [0.2, 0.25) is 0 Å². The first-order valence-electron chi connectivity index (χ1n) is 18.8. The molecule has 11 aromatic rings. The van der Waals surface area contributed by atoms with Crippen LogP contribution in [0.25, 0.3) is 106 Å². The van der Waals surface area contributed by atoms with Crippen molar-refractivity contribution in [1.29, 1.82) is 0 Å². The van der Waals surface area contributed by atoms with Crippen LogP contribution >= 0.6 is 0 Å². The number of furan rings is 1. The molecule has 8 aromatic carbocycles. The molecule has 56 heavy (non-hydrogen) atoms. The summed E-state index contributed by atoms with van der Waals surface area (Å²) in [4.78, 5) is 15.4. The summed E-state index contributed by atoms with van der Waals surface area (Å²) in [6, 6.07) is 67.2. The Bertz CT molecular complexity index is 3220. The molecule has 5 nitrogen and oxygen atoms in total. The summed E-state index contributed by atoms with van der Waals surface area (Å²) in [5.74, 6) is 1.84. The van der Waals surface area contributed by atoms with Gasteiger partial charge < -0.3 is 8.98 Å². The normalized spacial score (nSPS) is 11.6. The minimum Gasteiger partial charge on any atom is -0.455 e. The van der Waals surface area contributed by atoms with E-state index < -0.39 is 0 Å². The van der Waals surface area contributed by atoms with E-state index in [0.29, 0.717) is 17.5 Å². The van der Waals surface area contributed by atoms with Crippen molar-refractivity contribution in [3.8, 4) is 62.1 Å². The molecule has 0 amide bonds. The standard InChI is InChI=1S/C51H32N4O/c1-4-15-33(16-5-1)34-27-29-37(30-28-34)50-52-49(36-19-8-3-9-20-36)53-51(54-50)40-22-11-13-26-43(40)55-42-25-12-10-21-39(42)46-44(55)31-32-45-47(46)41-24-14-23-38(48(41)56-45)35-17-6-2-7-18-35/h1-32H. The molecule has 0 saturated heterocycles. The van der Waals surface area contributed by atoms with Crippen LogP contribution in [0.5, 0.6) is 0 Å². The molecule has 11 rings (SSSR count). The Kier molecular flexibility index (Phi) is 7.42. The zero-order valence-electron chi connectivity index (χ0n) is 30.2. The molecule has 5 heteroatoms. The number of fused-ring (bicyclic) bond motifs is 7. The molecule has 262 valence electrons. The average molecular weight is 717 g/mol. The van der Waals surface area contributed by atoms with Gasteiger partial charge in [0.25, 0.3) is 0 Å². The Balaban J connectivity index is 1.13. The van der Waals surface area contributed by atoms with Gasteiger partial charge in [0.05, 0.1) is 16.7 Å². The van der Waals surface area contributed by atoms with Gasteiger partial charge in [-0.1, -0.05) is 164 Å². The van der Waals surface area contributed by atoms with Crippen molar-refractivity contribution in [3.63, 3.8) is 0 Å². The molecule has 0 radical (unpaired) electrons. The van der Waals surface area contributed by atoms with Crippen LogP contribution in [0, 0.1) is 0 Å². The van der Waals surface area contributed by atoms with Crippen molar-refractivity contribution in [2.45, 2.75) is 0 Å². The minimum absolute atomic E-state index is 0.602. The first-order valence-corrected chi connectivity index (χ1v) is 18.8. The number of para-hydroxylation sites is 3. The summed E-state index contributed by atoms with van der Waals surface area (Å²) in [6.45, 7) is 0. The molecule has 0 spiro atoms. The smallest absolute Gasteiger partial charge is 0.166 e. The van der Waals surface area contributed by atoms with Gasteiger partial charge in [-0.15, -0.1) is 0 Å². The van der Waals surface area contributed by atoms with Gasteiger partial charge in [0.15, 0.2) is 17.5 Å². The first kappa shape index (κ1) is 31.9. The highest BCUT2D eigenvalue weighted by atomic mass is 16.3. The number of aromatic nitrogens is 4. The Morgan fingerprint density at radius 1 is 0.339 bits per heavy atom. The van der Waals surface area contributed by atoms with Crippen LogP contribution in [0.3, 0.4) is 0 Å².